The molecule has 0 saturated carbocycles. The van der Waals surface area contributed by atoms with Gasteiger partial charge in [-0.3, -0.25) is 11.5 Å². The fourth-order valence-electron chi connectivity index (χ4n) is 6.77. The molecule has 0 fully saturated rings. The molecule has 0 aliphatic heterocycles. The van der Waals surface area contributed by atoms with Crippen molar-refractivity contribution in [2.45, 2.75) is 103 Å². The first-order valence-corrected chi connectivity index (χ1v) is 16.2. The highest BCUT2D eigenvalue weighted by Crippen LogP contribution is 2.33. The maximum atomic E-state index is 6.40. The van der Waals surface area contributed by atoms with Crippen LogP contribution in [0.1, 0.15) is 86.7 Å². The second-order valence-corrected chi connectivity index (χ2v) is 12.2. The second kappa shape index (κ2) is 16.5. The van der Waals surface area contributed by atoms with Crippen LogP contribution in [0.5, 0.6) is 0 Å². The molecule has 2 aromatic heterocycles. The Bertz CT molecular complexity index is 1420. The molecule has 0 atom stereocenters. The molecule has 6 rings (SSSR count). The number of anilines is 2. The molecular weight excluding hydrogens is 676 g/mol. The summed E-state index contributed by atoms with van der Waals surface area (Å²) in [6.07, 6.45) is 16.8. The monoisotopic (exact) mass is 720 g/mol. The second-order valence-electron chi connectivity index (χ2n) is 12.2. The van der Waals surface area contributed by atoms with Gasteiger partial charge >= 0.3 is 0 Å². The molecule has 0 spiro atoms. The SMILES string of the molecule is Nc1cc2c(n[n+]1CCCCCCCCCCCC[n+]1nc3c(cc1N)-c1ccccc1CC3)CCc1ccccc1-2.[Br-].[Br-]. The van der Waals surface area contributed by atoms with Crippen LogP contribution in [-0.4, -0.2) is 10.2 Å². The van der Waals surface area contributed by atoms with Gasteiger partial charge in [0.25, 0.3) is 11.6 Å². The van der Waals surface area contributed by atoms with E-state index >= 15 is 0 Å². The van der Waals surface area contributed by atoms with Crippen molar-refractivity contribution in [1.82, 2.24) is 10.2 Å². The van der Waals surface area contributed by atoms with Gasteiger partial charge in [-0.05, 0) is 73.6 Å². The predicted molar refractivity (Wildman–Crippen MR) is 170 cm³/mol. The summed E-state index contributed by atoms with van der Waals surface area (Å²) in [7, 11) is 0. The highest BCUT2D eigenvalue weighted by atomic mass is 79.9. The van der Waals surface area contributed by atoms with E-state index in [0.717, 1.165) is 63.3 Å². The van der Waals surface area contributed by atoms with E-state index in [9.17, 15) is 0 Å². The largest absolute Gasteiger partial charge is 1.00 e. The quantitative estimate of drug-likeness (QED) is 0.154. The molecule has 0 amide bonds. The van der Waals surface area contributed by atoms with E-state index < -0.39 is 0 Å². The van der Waals surface area contributed by atoms with Gasteiger partial charge in [0.1, 0.15) is 13.1 Å². The van der Waals surface area contributed by atoms with E-state index in [-0.39, 0.29) is 34.0 Å². The van der Waals surface area contributed by atoms with Crippen LogP contribution in [0.2, 0.25) is 0 Å². The van der Waals surface area contributed by atoms with E-state index in [0.29, 0.717) is 0 Å². The normalized spacial score (nSPS) is 12.6. The number of benzene rings is 2. The number of aromatic nitrogens is 4. The summed E-state index contributed by atoms with van der Waals surface area (Å²) >= 11 is 0. The first kappa shape index (κ1) is 34.0. The molecule has 2 aliphatic rings. The molecule has 2 heterocycles. The van der Waals surface area contributed by atoms with Gasteiger partial charge in [-0.1, -0.05) is 97.3 Å². The minimum Gasteiger partial charge on any atom is -1.00 e. The lowest BCUT2D eigenvalue weighted by atomic mass is 9.89. The standard InChI is InChI=1S/C36H44N6.2BrH/c37-35-25-31-29-17-11-9-15-27(29)19-21-33(31)39-41(35)23-13-7-5-3-1-2-4-6-8-14-24-42-36(38)26-32-30-18-12-10-16-28(30)20-22-34(32)40-42;;/h9-12,15-18,25-26,37-38H,1-8,13-14,19-24H2;2*1H. The van der Waals surface area contributed by atoms with Crippen LogP contribution in [0.25, 0.3) is 22.3 Å². The summed E-state index contributed by atoms with van der Waals surface area (Å²) < 4.78 is 4.05. The Kier molecular flexibility index (Phi) is 12.7. The average molecular weight is 723 g/mol. The van der Waals surface area contributed by atoms with E-state index in [1.165, 1.54) is 96.1 Å². The molecule has 2 aromatic carbocycles. The fourth-order valence-corrected chi connectivity index (χ4v) is 6.77. The van der Waals surface area contributed by atoms with Gasteiger partial charge in [-0.15, -0.1) is 9.36 Å². The van der Waals surface area contributed by atoms with Gasteiger partial charge in [-0.25, -0.2) is 0 Å². The van der Waals surface area contributed by atoms with Gasteiger partial charge < -0.3 is 34.0 Å². The van der Waals surface area contributed by atoms with Gasteiger partial charge in [0.15, 0.2) is 0 Å². The van der Waals surface area contributed by atoms with Crippen molar-refractivity contribution in [3.63, 3.8) is 0 Å². The van der Waals surface area contributed by atoms with Gasteiger partial charge in [0.2, 0.25) is 0 Å². The Hall–Kier alpha value is -2.84. The summed E-state index contributed by atoms with van der Waals surface area (Å²) in [6, 6.07) is 21.6. The molecule has 4 N–H and O–H groups in total. The predicted octanol–water partition coefficient (Wildman–Crippen LogP) is 0.356. The molecule has 0 bridgehead atoms. The zero-order valence-electron chi connectivity index (χ0n) is 25.8. The molecule has 44 heavy (non-hydrogen) atoms. The minimum atomic E-state index is 0. The van der Waals surface area contributed by atoms with Crippen LogP contribution in [0.3, 0.4) is 0 Å². The Labute approximate surface area is 283 Å². The average Bonchev–Trinajstić information content (AvgIpc) is 3.02. The van der Waals surface area contributed by atoms with E-state index in [1.54, 1.807) is 0 Å². The molecule has 0 unspecified atom stereocenters. The fraction of sp³-hybridized carbons (Fsp3) is 0.444. The highest BCUT2D eigenvalue weighted by Gasteiger charge is 2.22. The minimum absolute atomic E-state index is 0. The lowest BCUT2D eigenvalue weighted by Gasteiger charge is -2.18. The number of rotatable bonds is 13. The summed E-state index contributed by atoms with van der Waals surface area (Å²) in [5, 5.41) is 9.85. The van der Waals surface area contributed by atoms with Crippen molar-refractivity contribution in [3.8, 4) is 22.3 Å². The lowest BCUT2D eigenvalue weighted by molar-refractivity contribution is -0.741. The molecule has 0 saturated heterocycles. The van der Waals surface area contributed by atoms with Crippen LogP contribution >= 0.6 is 0 Å². The number of unbranched alkanes of at least 4 members (excludes halogenated alkanes) is 9. The maximum absolute atomic E-state index is 6.40. The molecular formula is C36H46Br2N6. The Morgan fingerprint density at radius 3 is 1.25 bits per heavy atom. The highest BCUT2D eigenvalue weighted by molar-refractivity contribution is 5.73. The third-order valence-electron chi connectivity index (χ3n) is 9.15. The summed E-state index contributed by atoms with van der Waals surface area (Å²) in [4.78, 5) is 0. The number of nitrogen functional groups attached to an aromatic ring is 2. The third kappa shape index (κ3) is 8.05. The number of nitrogens with two attached hydrogens (primary N) is 2. The molecule has 8 heteroatoms. The smallest absolute Gasteiger partial charge is 0.293 e. The maximum Gasteiger partial charge on any atom is 0.293 e. The van der Waals surface area contributed by atoms with Gasteiger partial charge in [0, 0.05) is 23.3 Å². The van der Waals surface area contributed by atoms with Gasteiger partial charge in [-0.2, -0.15) is 0 Å². The van der Waals surface area contributed by atoms with Crippen LogP contribution in [0.15, 0.2) is 60.7 Å². The first-order valence-electron chi connectivity index (χ1n) is 16.2. The number of aryl methyl sites for hydroxylation is 6. The molecule has 6 nitrogen and oxygen atoms in total. The summed E-state index contributed by atoms with van der Waals surface area (Å²) in [6.45, 7) is 1.82. The number of hydrogen-bond acceptors (Lipinski definition) is 4. The number of fused-ring (bicyclic) bond motifs is 6. The Balaban J connectivity index is 0.00000221. The van der Waals surface area contributed by atoms with E-state index in [2.05, 4.69) is 60.7 Å². The topological polar surface area (TPSA) is 85.6 Å². The van der Waals surface area contributed by atoms with Crippen molar-refractivity contribution >= 4 is 11.6 Å². The van der Waals surface area contributed by atoms with Crippen LogP contribution < -0.4 is 54.8 Å². The zero-order chi connectivity index (χ0) is 28.7. The van der Waals surface area contributed by atoms with Gasteiger partial charge in [0.05, 0.1) is 11.4 Å². The van der Waals surface area contributed by atoms with Crippen molar-refractivity contribution in [2.75, 3.05) is 11.5 Å². The molecule has 2 aliphatic carbocycles. The molecule has 4 aromatic rings. The lowest BCUT2D eigenvalue weighted by Crippen LogP contribution is -3.00. The Morgan fingerprint density at radius 1 is 0.477 bits per heavy atom. The zero-order valence-corrected chi connectivity index (χ0v) is 29.0. The van der Waals surface area contributed by atoms with Crippen LogP contribution in [0.4, 0.5) is 11.6 Å². The van der Waals surface area contributed by atoms with Crippen molar-refractivity contribution in [1.29, 1.82) is 0 Å². The summed E-state index contributed by atoms with van der Waals surface area (Å²) in [5.41, 5.74) is 23.0. The van der Waals surface area contributed by atoms with Crippen LogP contribution in [-0.2, 0) is 38.8 Å². The van der Waals surface area contributed by atoms with Crippen molar-refractivity contribution in [3.05, 3.63) is 83.2 Å². The summed E-state index contributed by atoms with van der Waals surface area (Å²) in [5.74, 6) is 1.56. The van der Waals surface area contributed by atoms with E-state index in [4.69, 9.17) is 21.7 Å². The first-order chi connectivity index (χ1) is 20.7. The van der Waals surface area contributed by atoms with Crippen molar-refractivity contribution < 1.29 is 43.3 Å². The molecule has 0 radical (unpaired) electrons. The van der Waals surface area contributed by atoms with Crippen molar-refractivity contribution in [2.24, 2.45) is 0 Å². The van der Waals surface area contributed by atoms with E-state index in [1.807, 2.05) is 9.36 Å². The van der Waals surface area contributed by atoms with Crippen LogP contribution in [0, 0.1) is 0 Å². The molecule has 234 valence electrons. The Morgan fingerprint density at radius 2 is 0.841 bits per heavy atom. The number of hydrogen-bond donors (Lipinski definition) is 2. The number of halogens is 2. The third-order valence-corrected chi connectivity index (χ3v) is 9.15. The number of nitrogens with zero attached hydrogens (tertiary/aromatic N) is 4.